The molecule has 5 rings (SSSR count). The van der Waals surface area contributed by atoms with Crippen LogP contribution in [0.2, 0.25) is 0 Å². The number of fused-ring (bicyclic) bond motifs is 1. The summed E-state index contributed by atoms with van der Waals surface area (Å²) in [5.74, 6) is -0.109. The molecule has 2 aliphatic heterocycles. The van der Waals surface area contributed by atoms with Crippen molar-refractivity contribution in [3.8, 4) is 0 Å². The molecule has 44 heavy (non-hydrogen) atoms. The zero-order chi connectivity index (χ0) is 31.6. The Morgan fingerprint density at radius 1 is 0.977 bits per heavy atom. The van der Waals surface area contributed by atoms with Crippen LogP contribution in [0.15, 0.2) is 53.4 Å². The van der Waals surface area contributed by atoms with E-state index in [-0.39, 0.29) is 41.5 Å². The van der Waals surface area contributed by atoms with Crippen molar-refractivity contribution in [1.29, 1.82) is 0 Å². The number of hydrogen-bond donors (Lipinski definition) is 1. The fourth-order valence-corrected chi connectivity index (χ4v) is 8.66. The van der Waals surface area contributed by atoms with Gasteiger partial charge in [-0.1, -0.05) is 69.2 Å². The average molecular weight is 622 g/mol. The zero-order valence-corrected chi connectivity index (χ0v) is 27.5. The molecule has 1 N–H and O–H groups in total. The van der Waals surface area contributed by atoms with E-state index < -0.39 is 28.5 Å². The number of rotatable bonds is 8. The first-order valence-electron chi connectivity index (χ1n) is 16.1. The Morgan fingerprint density at radius 3 is 2.16 bits per heavy atom. The smallest absolute Gasteiger partial charge is 0.410 e. The highest BCUT2D eigenvalue weighted by molar-refractivity contribution is 7.85. The van der Waals surface area contributed by atoms with Gasteiger partial charge in [-0.3, -0.25) is 13.8 Å². The number of amides is 3. The van der Waals surface area contributed by atoms with Crippen molar-refractivity contribution in [1.82, 2.24) is 15.1 Å². The van der Waals surface area contributed by atoms with Gasteiger partial charge in [0.25, 0.3) is 0 Å². The summed E-state index contributed by atoms with van der Waals surface area (Å²) >= 11 is 0. The van der Waals surface area contributed by atoms with E-state index in [0.29, 0.717) is 30.8 Å². The van der Waals surface area contributed by atoms with E-state index in [0.717, 1.165) is 31.2 Å². The highest BCUT2D eigenvalue weighted by Gasteiger charge is 2.47. The molecule has 0 saturated carbocycles. The first-order valence-corrected chi connectivity index (χ1v) is 17.4. The monoisotopic (exact) mass is 621 g/mol. The molecule has 2 saturated heterocycles. The summed E-state index contributed by atoms with van der Waals surface area (Å²) in [6.45, 7) is 10.9. The molecule has 2 unspecified atom stereocenters. The minimum atomic E-state index is -1.33. The molecule has 9 heteroatoms. The van der Waals surface area contributed by atoms with E-state index in [1.165, 1.54) is 11.1 Å². The SMILES string of the molecule is CCC(CC)[C@@H]1C(=O)NC(C2Cc3ccccc3C2)C(=O)N1Cc1ccccc1S(=O)C1CCN(C(=O)OC(C)(C)C)CC1. The third kappa shape index (κ3) is 6.87. The number of piperazine rings is 1. The zero-order valence-electron chi connectivity index (χ0n) is 26.7. The second kappa shape index (κ2) is 13.4. The summed E-state index contributed by atoms with van der Waals surface area (Å²) in [6.07, 6.45) is 3.95. The summed E-state index contributed by atoms with van der Waals surface area (Å²) in [5.41, 5.74) is 2.73. The predicted molar refractivity (Wildman–Crippen MR) is 171 cm³/mol. The fraction of sp³-hybridized carbons (Fsp3) is 0.571. The summed E-state index contributed by atoms with van der Waals surface area (Å²) in [7, 11) is -1.33. The molecule has 3 aliphatic rings. The predicted octanol–water partition coefficient (Wildman–Crippen LogP) is 5.24. The van der Waals surface area contributed by atoms with E-state index in [9.17, 15) is 18.6 Å². The number of hydrogen-bond acceptors (Lipinski definition) is 5. The van der Waals surface area contributed by atoms with Crippen molar-refractivity contribution in [3.05, 3.63) is 65.2 Å². The Labute approximate surface area is 264 Å². The van der Waals surface area contributed by atoms with Crippen LogP contribution in [0.4, 0.5) is 4.79 Å². The van der Waals surface area contributed by atoms with Crippen LogP contribution in [0.3, 0.4) is 0 Å². The molecule has 0 bridgehead atoms. The van der Waals surface area contributed by atoms with Crippen LogP contribution in [0, 0.1) is 11.8 Å². The van der Waals surface area contributed by atoms with Gasteiger partial charge in [-0.25, -0.2) is 4.79 Å². The third-order valence-corrected chi connectivity index (χ3v) is 11.3. The van der Waals surface area contributed by atoms with Gasteiger partial charge in [0.1, 0.15) is 17.7 Å². The number of likely N-dealkylation sites (tertiary alicyclic amines) is 1. The fourth-order valence-electron chi connectivity index (χ4n) is 7.06. The van der Waals surface area contributed by atoms with Crippen molar-refractivity contribution in [2.24, 2.45) is 11.8 Å². The van der Waals surface area contributed by atoms with Gasteiger partial charge in [-0.05, 0) is 81.0 Å². The topological polar surface area (TPSA) is 96.0 Å². The summed E-state index contributed by atoms with van der Waals surface area (Å²) < 4.78 is 19.6. The van der Waals surface area contributed by atoms with Crippen LogP contribution in [0.25, 0.3) is 0 Å². The van der Waals surface area contributed by atoms with E-state index in [4.69, 9.17) is 4.74 Å². The number of benzene rings is 2. The number of carbonyl (C=O) groups is 3. The maximum Gasteiger partial charge on any atom is 0.410 e. The minimum absolute atomic E-state index is 0.00790. The maximum atomic E-state index is 14.3. The van der Waals surface area contributed by atoms with E-state index >= 15 is 0 Å². The highest BCUT2D eigenvalue weighted by Crippen LogP contribution is 2.34. The lowest BCUT2D eigenvalue weighted by Gasteiger charge is -2.44. The van der Waals surface area contributed by atoms with Crippen molar-refractivity contribution in [2.75, 3.05) is 13.1 Å². The van der Waals surface area contributed by atoms with Gasteiger partial charge >= 0.3 is 6.09 Å². The molecule has 2 aromatic carbocycles. The molecule has 0 aromatic heterocycles. The van der Waals surface area contributed by atoms with Gasteiger partial charge in [0.2, 0.25) is 11.8 Å². The number of carbonyl (C=O) groups excluding carboxylic acids is 3. The van der Waals surface area contributed by atoms with Crippen LogP contribution in [-0.4, -0.2) is 67.9 Å². The van der Waals surface area contributed by atoms with Gasteiger partial charge in [0, 0.05) is 29.8 Å². The normalized spacial score (nSPS) is 22.2. The van der Waals surface area contributed by atoms with Gasteiger partial charge < -0.3 is 19.9 Å². The van der Waals surface area contributed by atoms with Crippen LogP contribution in [0.1, 0.15) is 77.0 Å². The molecular formula is C35H47N3O5S. The molecule has 2 aromatic rings. The Balaban J connectivity index is 1.36. The van der Waals surface area contributed by atoms with Crippen molar-refractivity contribution >= 4 is 28.7 Å². The Kier molecular flexibility index (Phi) is 9.83. The number of nitrogens with one attached hydrogen (secondary N) is 1. The second-order valence-corrected chi connectivity index (χ2v) is 15.2. The van der Waals surface area contributed by atoms with Crippen LogP contribution in [-0.2, 0) is 44.5 Å². The standard InChI is InChI=1S/C35H47N3O5S/c1-6-23(7-2)31-32(39)36-30(27-20-24-12-8-9-13-25(24)21-27)33(40)38(31)22-26-14-10-11-15-29(26)44(42)28-16-18-37(19-17-28)34(41)43-35(3,4)5/h8-15,23,27-28,30-31H,6-7,16-22H2,1-5H3,(H,36,39)/t30?,31-,44?/m1/s1. The first-order chi connectivity index (χ1) is 21.0. The molecule has 3 amide bonds. The summed E-state index contributed by atoms with van der Waals surface area (Å²) in [5, 5.41) is 3.03. The van der Waals surface area contributed by atoms with E-state index in [1.54, 1.807) is 9.80 Å². The minimum Gasteiger partial charge on any atom is -0.444 e. The lowest BCUT2D eigenvalue weighted by Crippen LogP contribution is -2.66. The molecular weight excluding hydrogens is 574 g/mol. The molecule has 3 atom stereocenters. The molecule has 8 nitrogen and oxygen atoms in total. The Hall–Kier alpha value is -3.20. The molecule has 0 spiro atoms. The molecule has 2 heterocycles. The average Bonchev–Trinajstić information content (AvgIpc) is 3.44. The molecule has 0 radical (unpaired) electrons. The van der Waals surface area contributed by atoms with E-state index in [2.05, 4.69) is 31.3 Å². The Bertz CT molecular complexity index is 1370. The highest BCUT2D eigenvalue weighted by atomic mass is 32.2. The summed E-state index contributed by atoms with van der Waals surface area (Å²) in [4.78, 5) is 44.8. The quantitative estimate of drug-likeness (QED) is 0.435. The number of nitrogens with zero attached hydrogens (tertiary/aromatic N) is 2. The Morgan fingerprint density at radius 2 is 1.57 bits per heavy atom. The van der Waals surface area contributed by atoms with Gasteiger partial charge in [-0.15, -0.1) is 0 Å². The third-order valence-electron chi connectivity index (χ3n) is 9.43. The lowest BCUT2D eigenvalue weighted by atomic mass is 9.86. The number of ether oxygens (including phenoxy) is 1. The largest absolute Gasteiger partial charge is 0.444 e. The van der Waals surface area contributed by atoms with Crippen molar-refractivity contribution in [2.45, 2.75) is 108 Å². The van der Waals surface area contributed by atoms with Crippen LogP contribution >= 0.6 is 0 Å². The van der Waals surface area contributed by atoms with Gasteiger partial charge in [0.15, 0.2) is 0 Å². The maximum absolute atomic E-state index is 14.3. The first kappa shape index (κ1) is 32.2. The molecule has 1 aliphatic carbocycles. The molecule has 238 valence electrons. The second-order valence-electron chi connectivity index (χ2n) is 13.5. The van der Waals surface area contributed by atoms with E-state index in [1.807, 2.05) is 57.2 Å². The summed E-state index contributed by atoms with van der Waals surface area (Å²) in [6, 6.07) is 14.7. The van der Waals surface area contributed by atoms with Gasteiger partial charge in [-0.2, -0.15) is 0 Å². The van der Waals surface area contributed by atoms with Crippen LogP contribution < -0.4 is 5.32 Å². The van der Waals surface area contributed by atoms with Gasteiger partial charge in [0.05, 0.1) is 10.8 Å². The van der Waals surface area contributed by atoms with Crippen molar-refractivity contribution < 1.29 is 23.3 Å². The van der Waals surface area contributed by atoms with Crippen molar-refractivity contribution in [3.63, 3.8) is 0 Å². The lowest BCUT2D eigenvalue weighted by molar-refractivity contribution is -0.154. The molecule has 2 fully saturated rings. The van der Waals surface area contributed by atoms with Crippen LogP contribution in [0.5, 0.6) is 0 Å². The number of piperidine rings is 1.